The zero-order valence-electron chi connectivity index (χ0n) is 6.90. The van der Waals surface area contributed by atoms with Gasteiger partial charge in [-0.25, -0.2) is 0 Å². The lowest BCUT2D eigenvalue weighted by atomic mass is 9.20. The molecule has 0 amide bonds. The molecule has 0 N–H and O–H groups in total. The summed E-state index contributed by atoms with van der Waals surface area (Å²) >= 11 is 0. The Morgan fingerprint density at radius 3 is 1.36 bits per heavy atom. The molecule has 0 aromatic rings. The third-order valence-electron chi connectivity index (χ3n) is 6.35. The smallest absolute Gasteiger partial charge is 0.0312 e. The van der Waals surface area contributed by atoms with Crippen LogP contribution in [0.25, 0.3) is 0 Å². The monoisotopic (exact) mass is 146 g/mol. The average Bonchev–Trinajstić information content (AvgIpc) is 2.30. The van der Waals surface area contributed by atoms with Gasteiger partial charge in [-0.2, -0.15) is 0 Å². The highest BCUT2D eigenvalue weighted by Crippen LogP contribution is 2.96. The highest BCUT2D eigenvalue weighted by Gasteiger charge is 2.92. The van der Waals surface area contributed by atoms with Gasteiger partial charge in [0.25, 0.3) is 0 Å². The molecule has 58 valence electrons. The van der Waals surface area contributed by atoms with Crippen molar-refractivity contribution in [3.8, 4) is 0 Å². The van der Waals surface area contributed by atoms with Gasteiger partial charge in [0.2, 0.25) is 0 Å². The van der Waals surface area contributed by atoms with Gasteiger partial charge in [0.1, 0.15) is 0 Å². The van der Waals surface area contributed by atoms with Crippen molar-refractivity contribution in [3.63, 3.8) is 0 Å². The zero-order valence-corrected chi connectivity index (χ0v) is 6.90. The summed E-state index contributed by atoms with van der Waals surface area (Å²) in [7, 11) is 0. The van der Waals surface area contributed by atoms with E-state index in [1.54, 1.807) is 0 Å². The van der Waals surface area contributed by atoms with Gasteiger partial charge in [-0.05, 0) is 53.3 Å². The summed E-state index contributed by atoms with van der Waals surface area (Å²) in [6, 6.07) is 0. The Hall–Kier alpha value is 0. The maximum atomic E-state index is 2.43. The van der Waals surface area contributed by atoms with Crippen LogP contribution in [0.15, 0.2) is 0 Å². The molecule has 6 aliphatic carbocycles. The molecule has 6 saturated carbocycles. The van der Waals surface area contributed by atoms with E-state index in [2.05, 4.69) is 6.92 Å². The fourth-order valence-electron chi connectivity index (χ4n) is 6.49. The van der Waals surface area contributed by atoms with E-state index in [1.807, 2.05) is 0 Å². The summed E-state index contributed by atoms with van der Waals surface area (Å²) < 4.78 is 0. The molecule has 6 fully saturated rings. The fourth-order valence-corrected chi connectivity index (χ4v) is 6.49. The van der Waals surface area contributed by atoms with E-state index in [0.29, 0.717) is 0 Å². The van der Waals surface area contributed by atoms with Crippen molar-refractivity contribution in [1.82, 2.24) is 0 Å². The molecule has 6 rings (SSSR count). The van der Waals surface area contributed by atoms with Crippen molar-refractivity contribution in [2.45, 2.75) is 13.3 Å². The SMILES string of the molecule is CCC1C2C3C4C1C1C2C3C41. The Balaban J connectivity index is 1.75. The summed E-state index contributed by atoms with van der Waals surface area (Å²) in [5, 5.41) is 0. The Kier molecular flexibility index (Phi) is 0.459. The van der Waals surface area contributed by atoms with Crippen LogP contribution in [0.2, 0.25) is 0 Å². The Labute approximate surface area is 67.4 Å². The van der Waals surface area contributed by atoms with E-state index in [1.165, 1.54) is 59.7 Å². The number of hydrogen-bond acceptors (Lipinski definition) is 0. The Bertz CT molecular complexity index is 223. The quantitative estimate of drug-likeness (QED) is 0.531. The summed E-state index contributed by atoms with van der Waals surface area (Å²) in [5.74, 6) is 11.6. The molecule has 0 spiro atoms. The lowest BCUT2D eigenvalue weighted by molar-refractivity contribution is -0.379. The van der Waals surface area contributed by atoms with Crippen LogP contribution in [-0.4, -0.2) is 0 Å². The van der Waals surface area contributed by atoms with Crippen LogP contribution in [0.3, 0.4) is 0 Å². The summed E-state index contributed by atoms with van der Waals surface area (Å²) in [4.78, 5) is 0. The van der Waals surface area contributed by atoms with Crippen molar-refractivity contribution in [2.75, 3.05) is 0 Å². The van der Waals surface area contributed by atoms with E-state index >= 15 is 0 Å². The molecule has 0 aliphatic heterocycles. The van der Waals surface area contributed by atoms with E-state index in [0.717, 1.165) is 0 Å². The van der Waals surface area contributed by atoms with E-state index in [-0.39, 0.29) is 0 Å². The van der Waals surface area contributed by atoms with Gasteiger partial charge >= 0.3 is 0 Å². The van der Waals surface area contributed by atoms with Gasteiger partial charge in [-0.15, -0.1) is 0 Å². The zero-order chi connectivity index (χ0) is 6.90. The third-order valence-corrected chi connectivity index (χ3v) is 6.35. The lowest BCUT2D eigenvalue weighted by Crippen LogP contribution is -2.81. The normalized spacial score (nSPS) is 89.7. The minimum Gasteiger partial charge on any atom is -0.0651 e. The van der Waals surface area contributed by atoms with E-state index < -0.39 is 0 Å². The summed E-state index contributed by atoms with van der Waals surface area (Å²) in [6.07, 6.45) is 1.51. The average molecular weight is 146 g/mol. The second-order valence-electron chi connectivity index (χ2n) is 5.69. The van der Waals surface area contributed by atoms with Gasteiger partial charge in [0, 0.05) is 0 Å². The fraction of sp³-hybridized carbons (Fsp3) is 1.00. The summed E-state index contributed by atoms with van der Waals surface area (Å²) in [6.45, 7) is 2.43. The van der Waals surface area contributed by atoms with Crippen LogP contribution < -0.4 is 0 Å². The highest BCUT2D eigenvalue weighted by atomic mass is 15.0. The standard InChI is InChI=1S/C11H14/c1-2-3-4-6-8-5(3)9-7(4)10(6)11(8)9/h3-11H,2H2,1H3. The molecule has 0 aromatic heterocycles. The first-order chi connectivity index (χ1) is 5.45. The van der Waals surface area contributed by atoms with Crippen molar-refractivity contribution >= 4 is 0 Å². The second-order valence-corrected chi connectivity index (χ2v) is 5.69. The maximum Gasteiger partial charge on any atom is -0.0312 e. The largest absolute Gasteiger partial charge is 0.0651 e. The van der Waals surface area contributed by atoms with Crippen molar-refractivity contribution in [1.29, 1.82) is 0 Å². The van der Waals surface area contributed by atoms with Crippen LogP contribution in [-0.2, 0) is 0 Å². The molecule has 4 unspecified atom stereocenters. The van der Waals surface area contributed by atoms with Gasteiger partial charge in [-0.3, -0.25) is 0 Å². The molecule has 6 aliphatic rings. The lowest BCUT2D eigenvalue weighted by Gasteiger charge is -2.84. The molecular formula is C11H14. The Morgan fingerprint density at radius 2 is 1.00 bits per heavy atom. The molecule has 0 heterocycles. The van der Waals surface area contributed by atoms with Gasteiger partial charge in [0.05, 0.1) is 0 Å². The van der Waals surface area contributed by atoms with Gasteiger partial charge < -0.3 is 0 Å². The minimum atomic E-state index is 1.22. The topological polar surface area (TPSA) is 0 Å². The second kappa shape index (κ2) is 1.03. The molecule has 0 radical (unpaired) electrons. The van der Waals surface area contributed by atoms with E-state index in [4.69, 9.17) is 0 Å². The highest BCUT2D eigenvalue weighted by molar-refractivity contribution is 5.39. The first-order valence-corrected chi connectivity index (χ1v) is 5.45. The Morgan fingerprint density at radius 1 is 0.636 bits per heavy atom. The van der Waals surface area contributed by atoms with Crippen LogP contribution in [0.1, 0.15) is 13.3 Å². The molecule has 0 heteroatoms. The van der Waals surface area contributed by atoms with Gasteiger partial charge in [-0.1, -0.05) is 13.3 Å². The number of rotatable bonds is 1. The minimum absolute atomic E-state index is 1.22. The maximum absolute atomic E-state index is 2.43. The molecule has 4 atom stereocenters. The van der Waals surface area contributed by atoms with Crippen LogP contribution in [0.5, 0.6) is 0 Å². The molecular weight excluding hydrogens is 132 g/mol. The van der Waals surface area contributed by atoms with Crippen LogP contribution in [0, 0.1) is 53.3 Å². The van der Waals surface area contributed by atoms with Crippen molar-refractivity contribution in [2.24, 2.45) is 53.3 Å². The van der Waals surface area contributed by atoms with Crippen LogP contribution in [0.4, 0.5) is 0 Å². The number of hydrogen-bond donors (Lipinski definition) is 0. The predicted octanol–water partition coefficient (Wildman–Crippen LogP) is 2.01. The predicted molar refractivity (Wildman–Crippen MR) is 41.7 cm³/mol. The van der Waals surface area contributed by atoms with Crippen molar-refractivity contribution < 1.29 is 0 Å². The van der Waals surface area contributed by atoms with Crippen molar-refractivity contribution in [3.05, 3.63) is 0 Å². The van der Waals surface area contributed by atoms with Crippen LogP contribution >= 0.6 is 0 Å². The first-order valence-electron chi connectivity index (χ1n) is 5.45. The molecule has 0 aromatic carbocycles. The molecule has 11 heavy (non-hydrogen) atoms. The first kappa shape index (κ1) is 4.89. The van der Waals surface area contributed by atoms with E-state index in [9.17, 15) is 0 Å². The summed E-state index contributed by atoms with van der Waals surface area (Å²) in [5.41, 5.74) is 0. The third kappa shape index (κ3) is 0.219. The molecule has 0 nitrogen and oxygen atoms in total. The van der Waals surface area contributed by atoms with Gasteiger partial charge in [0.15, 0.2) is 0 Å². The molecule has 2 bridgehead atoms. The molecule has 0 saturated heterocycles.